The van der Waals surface area contributed by atoms with Gasteiger partial charge in [0.05, 0.1) is 0 Å². The Morgan fingerprint density at radius 2 is 2.25 bits per heavy atom. The molecule has 0 saturated carbocycles. The molecule has 0 radical (unpaired) electrons. The van der Waals surface area contributed by atoms with Crippen molar-refractivity contribution < 1.29 is 4.79 Å². The summed E-state index contributed by atoms with van der Waals surface area (Å²) < 4.78 is 0. The number of carbonyl (C=O) groups is 1. The second-order valence-electron chi connectivity index (χ2n) is 3.46. The quantitative estimate of drug-likeness (QED) is 0.613. The Hall–Kier alpha value is -0.850. The first-order valence-electron chi connectivity index (χ1n) is 4.52. The molecule has 0 saturated heterocycles. The fourth-order valence-corrected chi connectivity index (χ4v) is 1.90. The highest BCUT2D eigenvalue weighted by atomic mass is 16.1. The van der Waals surface area contributed by atoms with Crippen LogP contribution in [0.4, 0.5) is 0 Å². The van der Waals surface area contributed by atoms with E-state index in [1.165, 1.54) is 5.57 Å². The molecule has 0 aromatic carbocycles. The number of allylic oxidation sites excluding steroid dienone is 4. The molecule has 0 heterocycles. The second-order valence-corrected chi connectivity index (χ2v) is 3.46. The molecule has 66 valence electrons. The topological polar surface area (TPSA) is 17.1 Å². The Bertz CT molecular complexity index is 235. The van der Waals surface area contributed by atoms with Crippen LogP contribution >= 0.6 is 0 Å². The predicted octanol–water partition coefficient (Wildman–Crippen LogP) is 2.73. The summed E-state index contributed by atoms with van der Waals surface area (Å²) in [6, 6.07) is 0. The monoisotopic (exact) mass is 164 g/mol. The van der Waals surface area contributed by atoms with Gasteiger partial charge in [-0.3, -0.25) is 4.79 Å². The van der Waals surface area contributed by atoms with Gasteiger partial charge in [-0.1, -0.05) is 30.7 Å². The minimum Gasteiger partial charge on any atom is -0.299 e. The summed E-state index contributed by atoms with van der Waals surface area (Å²) in [6.07, 6.45) is 7.28. The minimum atomic E-state index is 0.139. The maximum absolute atomic E-state index is 11.3. The van der Waals surface area contributed by atoms with E-state index in [-0.39, 0.29) is 5.92 Å². The number of ketones is 1. The lowest BCUT2D eigenvalue weighted by molar-refractivity contribution is -0.120. The molecule has 1 aliphatic rings. The number of Topliss-reactive ketones (excluding diaryl/α,β-unsaturated/α-hetero) is 1. The molecule has 1 rings (SSSR count). The molecule has 0 N–H and O–H groups in total. The predicted molar refractivity (Wildman–Crippen MR) is 50.8 cm³/mol. The molecule has 1 nitrogen and oxygen atoms in total. The van der Waals surface area contributed by atoms with E-state index >= 15 is 0 Å². The first kappa shape index (κ1) is 9.24. The Kier molecular flexibility index (Phi) is 2.85. The molecule has 2 unspecified atom stereocenters. The van der Waals surface area contributed by atoms with Gasteiger partial charge >= 0.3 is 0 Å². The van der Waals surface area contributed by atoms with Crippen LogP contribution in [-0.4, -0.2) is 5.78 Å². The average Bonchev–Trinajstić information content (AvgIpc) is 2.03. The van der Waals surface area contributed by atoms with Gasteiger partial charge in [0.1, 0.15) is 5.78 Å². The third-order valence-corrected chi connectivity index (χ3v) is 2.55. The fraction of sp³-hybridized carbons (Fsp3) is 0.545. The summed E-state index contributed by atoms with van der Waals surface area (Å²) in [6.45, 7) is 5.85. The maximum atomic E-state index is 11.3. The van der Waals surface area contributed by atoms with Gasteiger partial charge < -0.3 is 0 Å². The van der Waals surface area contributed by atoms with Gasteiger partial charge in [-0.05, 0) is 26.2 Å². The van der Waals surface area contributed by atoms with Crippen molar-refractivity contribution in [3.8, 4) is 0 Å². The van der Waals surface area contributed by atoms with E-state index in [0.29, 0.717) is 11.7 Å². The van der Waals surface area contributed by atoms with Crippen LogP contribution in [0.1, 0.15) is 27.2 Å². The molecule has 0 aliphatic heterocycles. The van der Waals surface area contributed by atoms with Crippen LogP contribution in [0.15, 0.2) is 23.8 Å². The first-order valence-corrected chi connectivity index (χ1v) is 4.52. The molecule has 0 aromatic rings. The van der Waals surface area contributed by atoms with Crippen molar-refractivity contribution in [1.29, 1.82) is 0 Å². The van der Waals surface area contributed by atoms with Crippen molar-refractivity contribution in [2.75, 3.05) is 0 Å². The summed E-state index contributed by atoms with van der Waals surface area (Å²) in [5.41, 5.74) is 1.21. The van der Waals surface area contributed by atoms with Crippen molar-refractivity contribution in [2.24, 2.45) is 11.8 Å². The van der Waals surface area contributed by atoms with Crippen LogP contribution in [0, 0.1) is 11.8 Å². The van der Waals surface area contributed by atoms with Gasteiger partial charge in [0.15, 0.2) is 0 Å². The Labute approximate surface area is 74.2 Å². The summed E-state index contributed by atoms with van der Waals surface area (Å²) >= 11 is 0. The molecule has 0 spiro atoms. The summed E-state index contributed by atoms with van der Waals surface area (Å²) in [7, 11) is 0. The van der Waals surface area contributed by atoms with Gasteiger partial charge in [0.25, 0.3) is 0 Å². The Morgan fingerprint density at radius 3 is 2.67 bits per heavy atom. The zero-order valence-electron chi connectivity index (χ0n) is 8.00. The minimum absolute atomic E-state index is 0.139. The van der Waals surface area contributed by atoms with Crippen LogP contribution in [-0.2, 0) is 4.79 Å². The molecular formula is C11H16O. The van der Waals surface area contributed by atoms with Crippen molar-refractivity contribution in [3.05, 3.63) is 23.8 Å². The SMILES string of the molecule is CCC1C=CC=C(C)C1C(C)=O. The second kappa shape index (κ2) is 3.70. The van der Waals surface area contributed by atoms with Crippen LogP contribution < -0.4 is 0 Å². The average molecular weight is 164 g/mol. The normalized spacial score (nSPS) is 28.4. The van der Waals surface area contributed by atoms with Gasteiger partial charge in [-0.25, -0.2) is 0 Å². The molecule has 1 aliphatic carbocycles. The van der Waals surface area contributed by atoms with E-state index < -0.39 is 0 Å². The Balaban J connectivity index is 2.86. The van der Waals surface area contributed by atoms with E-state index in [0.717, 1.165) is 6.42 Å². The largest absolute Gasteiger partial charge is 0.299 e. The third kappa shape index (κ3) is 1.66. The lowest BCUT2D eigenvalue weighted by atomic mass is 9.79. The third-order valence-electron chi connectivity index (χ3n) is 2.55. The van der Waals surface area contributed by atoms with Crippen LogP contribution in [0.2, 0.25) is 0 Å². The van der Waals surface area contributed by atoms with Gasteiger partial charge in [0, 0.05) is 5.92 Å². The number of rotatable bonds is 2. The van der Waals surface area contributed by atoms with Crippen molar-refractivity contribution in [1.82, 2.24) is 0 Å². The Morgan fingerprint density at radius 1 is 1.58 bits per heavy atom. The van der Waals surface area contributed by atoms with Crippen molar-refractivity contribution >= 4 is 5.78 Å². The van der Waals surface area contributed by atoms with E-state index in [1.54, 1.807) is 6.92 Å². The first-order chi connectivity index (χ1) is 5.66. The lowest BCUT2D eigenvalue weighted by Gasteiger charge is -2.24. The van der Waals surface area contributed by atoms with E-state index in [2.05, 4.69) is 19.1 Å². The van der Waals surface area contributed by atoms with Crippen molar-refractivity contribution in [3.63, 3.8) is 0 Å². The zero-order chi connectivity index (χ0) is 9.14. The maximum Gasteiger partial charge on any atom is 0.137 e. The molecular weight excluding hydrogens is 148 g/mol. The number of hydrogen-bond acceptors (Lipinski definition) is 1. The van der Waals surface area contributed by atoms with E-state index in [9.17, 15) is 4.79 Å². The van der Waals surface area contributed by atoms with E-state index in [4.69, 9.17) is 0 Å². The van der Waals surface area contributed by atoms with Crippen LogP contribution in [0.25, 0.3) is 0 Å². The van der Waals surface area contributed by atoms with Gasteiger partial charge in [-0.2, -0.15) is 0 Å². The number of hydrogen-bond donors (Lipinski definition) is 0. The molecule has 12 heavy (non-hydrogen) atoms. The molecule has 1 heteroatoms. The standard InChI is InChI=1S/C11H16O/c1-4-10-7-5-6-8(2)11(10)9(3)12/h5-7,10-11H,4H2,1-3H3. The molecule has 2 atom stereocenters. The van der Waals surface area contributed by atoms with Gasteiger partial charge in [-0.15, -0.1) is 0 Å². The van der Waals surface area contributed by atoms with Crippen LogP contribution in [0.5, 0.6) is 0 Å². The highest BCUT2D eigenvalue weighted by molar-refractivity contribution is 5.82. The highest BCUT2D eigenvalue weighted by Gasteiger charge is 2.24. The smallest absolute Gasteiger partial charge is 0.137 e. The molecule has 0 aromatic heterocycles. The zero-order valence-corrected chi connectivity index (χ0v) is 8.00. The lowest BCUT2D eigenvalue weighted by Crippen LogP contribution is -2.22. The highest BCUT2D eigenvalue weighted by Crippen LogP contribution is 2.28. The van der Waals surface area contributed by atoms with Crippen LogP contribution in [0.3, 0.4) is 0 Å². The molecule has 0 bridgehead atoms. The summed E-state index contributed by atoms with van der Waals surface area (Å²) in [4.78, 5) is 11.3. The summed E-state index contributed by atoms with van der Waals surface area (Å²) in [5.74, 6) is 0.854. The summed E-state index contributed by atoms with van der Waals surface area (Å²) in [5, 5.41) is 0. The molecule has 0 fully saturated rings. The number of carbonyl (C=O) groups excluding carboxylic acids is 1. The molecule has 0 amide bonds. The van der Waals surface area contributed by atoms with Crippen molar-refractivity contribution in [2.45, 2.75) is 27.2 Å². The van der Waals surface area contributed by atoms with Gasteiger partial charge in [0.2, 0.25) is 0 Å². The fourth-order valence-electron chi connectivity index (χ4n) is 1.90. The van der Waals surface area contributed by atoms with E-state index in [1.807, 2.05) is 13.0 Å².